The molecule has 1 heterocycles. The quantitative estimate of drug-likeness (QED) is 0.259. The minimum Gasteiger partial charge on any atom is -0.481 e. The van der Waals surface area contributed by atoms with Crippen LogP contribution in [0.5, 0.6) is 0 Å². The van der Waals surface area contributed by atoms with Crippen molar-refractivity contribution in [3.05, 3.63) is 0 Å². The number of aliphatic hydroxyl groups excluding tert-OH is 4. The van der Waals surface area contributed by atoms with Crippen molar-refractivity contribution in [2.24, 2.45) is 0 Å². The molecule has 1 aliphatic heterocycles. The van der Waals surface area contributed by atoms with E-state index in [-0.39, 0.29) is 6.42 Å². The molecule has 0 amide bonds. The van der Waals surface area contributed by atoms with Gasteiger partial charge in [-0.05, 0) is 6.42 Å². The molecule has 0 spiro atoms. The van der Waals surface area contributed by atoms with E-state index in [4.69, 9.17) is 14.6 Å². The first-order chi connectivity index (χ1) is 13.4. The van der Waals surface area contributed by atoms with Gasteiger partial charge in [0, 0.05) is 0 Å². The Labute approximate surface area is 167 Å². The zero-order valence-corrected chi connectivity index (χ0v) is 16.9. The van der Waals surface area contributed by atoms with Crippen molar-refractivity contribution in [1.82, 2.24) is 0 Å². The van der Waals surface area contributed by atoms with E-state index in [0.29, 0.717) is 6.42 Å². The maximum absolute atomic E-state index is 11.1. The summed E-state index contributed by atoms with van der Waals surface area (Å²) in [6.45, 7) is 1.65. The normalized spacial score (nSPS) is 29.0. The van der Waals surface area contributed by atoms with Crippen molar-refractivity contribution >= 4 is 5.97 Å². The van der Waals surface area contributed by atoms with Crippen LogP contribution in [0.15, 0.2) is 0 Å². The molecule has 0 bridgehead atoms. The van der Waals surface area contributed by atoms with Crippen molar-refractivity contribution in [2.45, 2.75) is 114 Å². The summed E-state index contributed by atoms with van der Waals surface area (Å²) in [5.41, 5.74) is 0. The minimum atomic E-state index is -1.53. The van der Waals surface area contributed by atoms with Crippen LogP contribution in [0.4, 0.5) is 0 Å². The maximum Gasteiger partial charge on any atom is 0.305 e. The van der Waals surface area contributed by atoms with E-state index in [2.05, 4.69) is 6.92 Å². The van der Waals surface area contributed by atoms with Crippen LogP contribution in [0, 0.1) is 0 Å². The zero-order valence-electron chi connectivity index (χ0n) is 16.9. The van der Waals surface area contributed by atoms with Gasteiger partial charge in [-0.15, -0.1) is 0 Å². The molecule has 0 saturated carbocycles. The first-order valence-electron chi connectivity index (χ1n) is 10.6. The summed E-state index contributed by atoms with van der Waals surface area (Å²) < 4.78 is 10.9. The molecule has 6 atom stereocenters. The Morgan fingerprint density at radius 1 is 0.929 bits per heavy atom. The standard InChI is InChI=1S/C20H38O8/c1-2-3-4-5-6-7-8-9-10-11-14(12-16(22)23)27-20-19(26)18(25)17(24)15(13-21)28-20/h14-15,17-21,24-26H,2-13H2,1H3,(H,22,23)/t14?,15-,17+,18+,19-,20?/m1/s1. The first-order valence-corrected chi connectivity index (χ1v) is 10.6. The molecule has 8 heteroatoms. The number of ether oxygens (including phenoxy) is 2. The van der Waals surface area contributed by atoms with E-state index in [1.807, 2.05) is 0 Å². The van der Waals surface area contributed by atoms with Crippen LogP contribution in [0.2, 0.25) is 0 Å². The first kappa shape index (κ1) is 25.3. The van der Waals surface area contributed by atoms with Crippen LogP contribution >= 0.6 is 0 Å². The van der Waals surface area contributed by atoms with Crippen molar-refractivity contribution < 1.29 is 39.8 Å². The van der Waals surface area contributed by atoms with Crippen LogP contribution in [-0.4, -0.2) is 74.9 Å². The molecule has 1 fully saturated rings. The molecule has 0 aromatic carbocycles. The lowest BCUT2D eigenvalue weighted by atomic mass is 9.99. The Morgan fingerprint density at radius 3 is 2.04 bits per heavy atom. The van der Waals surface area contributed by atoms with Gasteiger partial charge in [0.15, 0.2) is 6.29 Å². The van der Waals surface area contributed by atoms with Crippen molar-refractivity contribution in [3.8, 4) is 0 Å². The number of rotatable bonds is 15. The number of carboxylic acids is 1. The molecule has 166 valence electrons. The fourth-order valence-electron chi connectivity index (χ4n) is 3.47. The van der Waals surface area contributed by atoms with Crippen molar-refractivity contribution in [1.29, 1.82) is 0 Å². The molecule has 1 aliphatic rings. The lowest BCUT2D eigenvalue weighted by Gasteiger charge is -2.40. The van der Waals surface area contributed by atoms with Crippen molar-refractivity contribution in [2.75, 3.05) is 6.61 Å². The summed E-state index contributed by atoms with van der Waals surface area (Å²) in [6, 6.07) is 0. The molecule has 0 aliphatic carbocycles. The number of aliphatic hydroxyl groups is 4. The number of carbonyl (C=O) groups is 1. The smallest absolute Gasteiger partial charge is 0.305 e. The SMILES string of the molecule is CCCCCCCCCCCC(CC(=O)O)OC1O[C@H](CO)[C@H](O)[C@H](O)[C@H]1O. The summed E-state index contributed by atoms with van der Waals surface area (Å²) in [5.74, 6) is -1.02. The van der Waals surface area contributed by atoms with Crippen molar-refractivity contribution in [3.63, 3.8) is 0 Å². The predicted octanol–water partition coefficient (Wildman–Crippen LogP) is 1.57. The van der Waals surface area contributed by atoms with Gasteiger partial charge in [-0.3, -0.25) is 4.79 Å². The van der Waals surface area contributed by atoms with Gasteiger partial charge < -0.3 is 35.0 Å². The van der Waals surface area contributed by atoms with E-state index in [1.54, 1.807) is 0 Å². The fraction of sp³-hybridized carbons (Fsp3) is 0.950. The molecule has 8 nitrogen and oxygen atoms in total. The third-order valence-electron chi connectivity index (χ3n) is 5.21. The van der Waals surface area contributed by atoms with Gasteiger partial charge >= 0.3 is 5.97 Å². The molecular formula is C20H38O8. The Morgan fingerprint density at radius 2 is 1.50 bits per heavy atom. The third-order valence-corrected chi connectivity index (χ3v) is 5.21. The molecule has 1 rings (SSSR count). The molecule has 1 saturated heterocycles. The van der Waals surface area contributed by atoms with E-state index < -0.39 is 49.4 Å². The average molecular weight is 407 g/mol. The van der Waals surface area contributed by atoms with Gasteiger partial charge in [-0.25, -0.2) is 0 Å². The highest BCUT2D eigenvalue weighted by Crippen LogP contribution is 2.25. The summed E-state index contributed by atoms with van der Waals surface area (Å²) in [6.07, 6.45) is 3.01. The van der Waals surface area contributed by atoms with E-state index in [9.17, 15) is 25.2 Å². The highest BCUT2D eigenvalue weighted by molar-refractivity contribution is 5.67. The molecule has 0 aromatic rings. The van der Waals surface area contributed by atoms with Gasteiger partial charge in [0.05, 0.1) is 19.1 Å². The van der Waals surface area contributed by atoms with Crippen LogP contribution in [0.1, 0.15) is 77.6 Å². The zero-order chi connectivity index (χ0) is 20.9. The summed E-state index contributed by atoms with van der Waals surface area (Å²) in [5, 5.41) is 48.0. The van der Waals surface area contributed by atoms with Crippen LogP contribution < -0.4 is 0 Å². The largest absolute Gasteiger partial charge is 0.481 e. The highest BCUT2D eigenvalue weighted by atomic mass is 16.7. The van der Waals surface area contributed by atoms with E-state index >= 15 is 0 Å². The number of carboxylic acid groups (broad SMARTS) is 1. The lowest BCUT2D eigenvalue weighted by Crippen LogP contribution is -2.59. The second kappa shape index (κ2) is 14.3. The Hall–Kier alpha value is -0.770. The van der Waals surface area contributed by atoms with Gasteiger partial charge in [-0.2, -0.15) is 0 Å². The van der Waals surface area contributed by atoms with E-state index in [0.717, 1.165) is 19.3 Å². The van der Waals surface area contributed by atoms with Crippen LogP contribution in [-0.2, 0) is 14.3 Å². The molecule has 2 unspecified atom stereocenters. The number of aliphatic carboxylic acids is 1. The number of hydrogen-bond donors (Lipinski definition) is 5. The summed E-state index contributed by atoms with van der Waals surface area (Å²) in [7, 11) is 0. The lowest BCUT2D eigenvalue weighted by molar-refractivity contribution is -0.311. The van der Waals surface area contributed by atoms with Gasteiger partial charge in [0.2, 0.25) is 0 Å². The molecule has 0 radical (unpaired) electrons. The monoisotopic (exact) mass is 406 g/mol. The Kier molecular flexibility index (Phi) is 12.9. The third kappa shape index (κ3) is 9.15. The van der Waals surface area contributed by atoms with Gasteiger partial charge in [0.1, 0.15) is 24.4 Å². The summed E-state index contributed by atoms with van der Waals surface area (Å²) in [4.78, 5) is 11.1. The second-order valence-electron chi connectivity index (χ2n) is 7.67. The fourth-order valence-corrected chi connectivity index (χ4v) is 3.47. The molecule has 5 N–H and O–H groups in total. The Bertz CT molecular complexity index is 417. The number of hydrogen-bond acceptors (Lipinski definition) is 7. The maximum atomic E-state index is 11.1. The number of unbranched alkanes of at least 4 members (excludes halogenated alkanes) is 8. The molecular weight excluding hydrogens is 368 g/mol. The van der Waals surface area contributed by atoms with E-state index in [1.165, 1.54) is 38.5 Å². The predicted molar refractivity (Wildman–Crippen MR) is 103 cm³/mol. The highest BCUT2D eigenvalue weighted by Gasteiger charge is 2.44. The summed E-state index contributed by atoms with van der Waals surface area (Å²) >= 11 is 0. The topological polar surface area (TPSA) is 137 Å². The van der Waals surface area contributed by atoms with Gasteiger partial charge in [0.25, 0.3) is 0 Å². The van der Waals surface area contributed by atoms with Gasteiger partial charge in [-0.1, -0.05) is 64.7 Å². The second-order valence-corrected chi connectivity index (χ2v) is 7.67. The average Bonchev–Trinajstić information content (AvgIpc) is 2.66. The Balaban J connectivity index is 2.38. The van der Waals surface area contributed by atoms with Crippen LogP contribution in [0.25, 0.3) is 0 Å². The molecule has 0 aromatic heterocycles. The molecule has 28 heavy (non-hydrogen) atoms. The minimum absolute atomic E-state index is 0.244. The van der Waals surface area contributed by atoms with Crippen LogP contribution in [0.3, 0.4) is 0 Å².